The van der Waals surface area contributed by atoms with Crippen molar-refractivity contribution in [2.24, 2.45) is 17.8 Å². The number of rotatable bonds is 7. The number of hydrogen-bond acceptors (Lipinski definition) is 7. The molecule has 7 nitrogen and oxygen atoms in total. The fraction of sp³-hybridized carbons (Fsp3) is 0.500. The second-order valence-electron chi connectivity index (χ2n) is 8.55. The predicted octanol–water partition coefficient (Wildman–Crippen LogP) is 4.91. The molecule has 162 valence electrons. The van der Waals surface area contributed by atoms with E-state index in [1.807, 2.05) is 13.0 Å². The lowest BCUT2D eigenvalue weighted by Crippen LogP contribution is -2.26. The summed E-state index contributed by atoms with van der Waals surface area (Å²) >= 11 is 3.13. The highest BCUT2D eigenvalue weighted by Crippen LogP contribution is 2.53. The zero-order chi connectivity index (χ0) is 21.4. The molecule has 0 saturated heterocycles. The number of aromatic nitrogens is 5. The van der Waals surface area contributed by atoms with Gasteiger partial charge in [0.1, 0.15) is 0 Å². The Bertz CT molecular complexity index is 1040. The highest BCUT2D eigenvalue weighted by atomic mass is 32.2. The van der Waals surface area contributed by atoms with Crippen molar-refractivity contribution >= 4 is 35.0 Å². The van der Waals surface area contributed by atoms with Crippen LogP contribution in [-0.4, -0.2) is 35.9 Å². The fourth-order valence-corrected chi connectivity index (χ4v) is 6.80. The smallest absolute Gasteiger partial charge is 0.240 e. The van der Waals surface area contributed by atoms with Crippen molar-refractivity contribution < 1.29 is 4.79 Å². The van der Waals surface area contributed by atoms with Crippen LogP contribution in [0.2, 0.25) is 0 Å². The molecule has 3 aromatic heterocycles. The van der Waals surface area contributed by atoms with Crippen molar-refractivity contribution in [3.63, 3.8) is 0 Å². The maximum Gasteiger partial charge on any atom is 0.240 e. The molecule has 0 radical (unpaired) electrons. The number of anilines is 1. The number of carbonyl (C=O) groups is 1. The van der Waals surface area contributed by atoms with Gasteiger partial charge in [0.05, 0.1) is 10.1 Å². The van der Waals surface area contributed by atoms with Gasteiger partial charge in [-0.1, -0.05) is 24.2 Å². The Morgan fingerprint density at radius 3 is 2.71 bits per heavy atom. The number of hydrogen-bond donors (Lipinski definition) is 1. The average molecular weight is 455 g/mol. The van der Waals surface area contributed by atoms with Gasteiger partial charge in [-0.2, -0.15) is 0 Å². The Morgan fingerprint density at radius 1 is 1.19 bits per heavy atom. The molecule has 3 heterocycles. The topological polar surface area (TPSA) is 85.6 Å². The van der Waals surface area contributed by atoms with E-state index in [1.165, 1.54) is 37.4 Å². The van der Waals surface area contributed by atoms with E-state index >= 15 is 0 Å². The molecule has 0 aliphatic heterocycles. The van der Waals surface area contributed by atoms with Crippen LogP contribution in [0.5, 0.6) is 0 Å². The first-order valence-corrected chi connectivity index (χ1v) is 12.6. The predicted molar refractivity (Wildman–Crippen MR) is 123 cm³/mol. The van der Waals surface area contributed by atoms with Gasteiger partial charge < -0.3 is 0 Å². The monoisotopic (exact) mass is 454 g/mol. The number of carbonyl (C=O) groups excluding carboxylic acids is 1. The fourth-order valence-electron chi connectivity index (χ4n) is 5.16. The molecule has 0 spiro atoms. The number of thiophene rings is 1. The molecule has 1 amide bonds. The standard InChI is InChI=1S/C22H26N6OS2/c1-13(17-12-15-6-7-16(17)11-15)28-19(18-5-3-10-30-18)26-27-22(28)31-14(2)20(29)25-21-23-8-4-9-24-21/h3-5,8-10,13-17H,6-7,11-12H2,1-2H3,(H,23,24,25,29). The summed E-state index contributed by atoms with van der Waals surface area (Å²) in [6.07, 6.45) is 8.61. The lowest BCUT2D eigenvalue weighted by molar-refractivity contribution is -0.115. The van der Waals surface area contributed by atoms with Crippen LogP contribution in [-0.2, 0) is 4.79 Å². The maximum atomic E-state index is 12.7. The zero-order valence-corrected chi connectivity index (χ0v) is 19.3. The Morgan fingerprint density at radius 2 is 2.03 bits per heavy atom. The summed E-state index contributed by atoms with van der Waals surface area (Å²) in [7, 11) is 0. The van der Waals surface area contributed by atoms with Crippen molar-refractivity contribution in [3.8, 4) is 10.7 Å². The first-order chi connectivity index (χ1) is 15.1. The summed E-state index contributed by atoms with van der Waals surface area (Å²) in [6.45, 7) is 4.19. The molecule has 2 bridgehead atoms. The van der Waals surface area contributed by atoms with Gasteiger partial charge in [-0.05, 0) is 68.4 Å². The van der Waals surface area contributed by atoms with Crippen molar-refractivity contribution in [1.82, 2.24) is 24.7 Å². The second kappa shape index (κ2) is 8.70. The van der Waals surface area contributed by atoms with E-state index in [2.05, 4.69) is 48.4 Å². The molecule has 1 N–H and O–H groups in total. The quantitative estimate of drug-likeness (QED) is 0.510. The van der Waals surface area contributed by atoms with Gasteiger partial charge in [0, 0.05) is 18.4 Å². The largest absolute Gasteiger partial charge is 0.298 e. The number of fused-ring (bicyclic) bond motifs is 2. The van der Waals surface area contributed by atoms with Crippen LogP contribution >= 0.6 is 23.1 Å². The number of nitrogens with one attached hydrogen (secondary N) is 1. The van der Waals surface area contributed by atoms with Crippen LogP contribution in [0.15, 0.2) is 41.1 Å². The molecule has 5 unspecified atom stereocenters. The lowest BCUT2D eigenvalue weighted by Gasteiger charge is -2.30. The van der Waals surface area contributed by atoms with E-state index in [-0.39, 0.29) is 11.2 Å². The molecule has 9 heteroatoms. The van der Waals surface area contributed by atoms with E-state index in [0.717, 1.165) is 27.7 Å². The van der Waals surface area contributed by atoms with E-state index in [1.54, 1.807) is 29.8 Å². The van der Waals surface area contributed by atoms with E-state index < -0.39 is 0 Å². The van der Waals surface area contributed by atoms with Crippen LogP contribution in [0.1, 0.15) is 45.6 Å². The molecular weight excluding hydrogens is 428 g/mol. The third kappa shape index (κ3) is 4.13. The van der Waals surface area contributed by atoms with Crippen LogP contribution in [0.25, 0.3) is 10.7 Å². The summed E-state index contributed by atoms with van der Waals surface area (Å²) in [5.74, 6) is 3.41. The summed E-state index contributed by atoms with van der Waals surface area (Å²) in [6, 6.07) is 6.16. The van der Waals surface area contributed by atoms with Crippen molar-refractivity contribution in [2.75, 3.05) is 5.32 Å². The zero-order valence-electron chi connectivity index (χ0n) is 17.6. The first-order valence-electron chi connectivity index (χ1n) is 10.8. The van der Waals surface area contributed by atoms with E-state index in [9.17, 15) is 4.79 Å². The molecule has 2 aliphatic carbocycles. The minimum Gasteiger partial charge on any atom is -0.298 e. The first kappa shape index (κ1) is 20.6. The SMILES string of the molecule is CC(Sc1nnc(-c2cccs2)n1C(C)C1CC2CCC1C2)C(=O)Nc1ncccn1. The Kier molecular flexibility index (Phi) is 5.79. The third-order valence-corrected chi connectivity index (χ3v) is 8.60. The average Bonchev–Trinajstić information content (AvgIpc) is 3.58. The Labute approximate surface area is 190 Å². The maximum absolute atomic E-state index is 12.7. The van der Waals surface area contributed by atoms with Crippen LogP contribution in [0.3, 0.4) is 0 Å². The van der Waals surface area contributed by atoms with Gasteiger partial charge in [-0.15, -0.1) is 21.5 Å². The van der Waals surface area contributed by atoms with Crippen LogP contribution < -0.4 is 5.32 Å². The summed E-state index contributed by atoms with van der Waals surface area (Å²) in [5.41, 5.74) is 0. The van der Waals surface area contributed by atoms with Gasteiger partial charge in [-0.3, -0.25) is 14.7 Å². The molecule has 2 fully saturated rings. The van der Waals surface area contributed by atoms with E-state index in [4.69, 9.17) is 0 Å². The molecule has 3 aromatic rings. The van der Waals surface area contributed by atoms with Crippen LogP contribution in [0, 0.1) is 17.8 Å². The molecule has 2 saturated carbocycles. The normalized spacial score (nSPS) is 24.3. The highest BCUT2D eigenvalue weighted by Gasteiger charge is 2.43. The van der Waals surface area contributed by atoms with Gasteiger partial charge in [-0.25, -0.2) is 9.97 Å². The summed E-state index contributed by atoms with van der Waals surface area (Å²) < 4.78 is 2.28. The molecule has 0 aromatic carbocycles. The highest BCUT2D eigenvalue weighted by molar-refractivity contribution is 8.00. The van der Waals surface area contributed by atoms with Gasteiger partial charge >= 0.3 is 0 Å². The molecule has 5 atom stereocenters. The molecule has 31 heavy (non-hydrogen) atoms. The van der Waals surface area contributed by atoms with Crippen molar-refractivity contribution in [2.45, 2.75) is 56.0 Å². The third-order valence-electron chi connectivity index (χ3n) is 6.68. The Balaban J connectivity index is 1.40. The van der Waals surface area contributed by atoms with Crippen LogP contribution in [0.4, 0.5) is 5.95 Å². The van der Waals surface area contributed by atoms with Gasteiger partial charge in [0.2, 0.25) is 11.9 Å². The Hall–Kier alpha value is -2.26. The summed E-state index contributed by atoms with van der Waals surface area (Å²) in [4.78, 5) is 22.0. The van der Waals surface area contributed by atoms with E-state index in [0.29, 0.717) is 17.9 Å². The lowest BCUT2D eigenvalue weighted by atomic mass is 9.84. The van der Waals surface area contributed by atoms with Crippen molar-refractivity contribution in [1.29, 1.82) is 0 Å². The second-order valence-corrected chi connectivity index (χ2v) is 10.8. The number of amides is 1. The molecule has 2 aliphatic rings. The number of nitrogens with zero attached hydrogens (tertiary/aromatic N) is 5. The summed E-state index contributed by atoms with van der Waals surface area (Å²) in [5, 5.41) is 14.4. The van der Waals surface area contributed by atoms with Gasteiger partial charge in [0.25, 0.3) is 0 Å². The van der Waals surface area contributed by atoms with Gasteiger partial charge in [0.15, 0.2) is 11.0 Å². The molecule has 5 rings (SSSR count). The molecular formula is C22H26N6OS2. The number of thioether (sulfide) groups is 1. The van der Waals surface area contributed by atoms with Crippen molar-refractivity contribution in [3.05, 3.63) is 36.0 Å². The minimum atomic E-state index is -0.352. The minimum absolute atomic E-state index is 0.143.